The molecular weight excluding hydrogens is 420 g/mol. The minimum Gasteiger partial charge on any atom is -0.505 e. The fraction of sp³-hybridized carbons (Fsp3) is 0.0870. The number of fused-ring (bicyclic) bond motifs is 2. The van der Waals surface area contributed by atoms with Crippen molar-refractivity contribution >= 4 is 22.6 Å². The van der Waals surface area contributed by atoms with Crippen molar-refractivity contribution in [3.05, 3.63) is 93.5 Å². The molecule has 160 valence electrons. The van der Waals surface area contributed by atoms with E-state index in [0.717, 1.165) is 35.7 Å². The number of rotatable bonds is 3. The van der Waals surface area contributed by atoms with E-state index in [2.05, 4.69) is 4.98 Å². The van der Waals surface area contributed by atoms with Crippen LogP contribution in [0.2, 0.25) is 0 Å². The highest BCUT2D eigenvalue weighted by Gasteiger charge is 2.25. The van der Waals surface area contributed by atoms with Gasteiger partial charge < -0.3 is 19.7 Å². The maximum absolute atomic E-state index is 15.1. The molecule has 2 N–H and O–H groups in total. The molecule has 32 heavy (non-hydrogen) atoms. The molecule has 5 rings (SSSR count). The Kier molecular flexibility index (Phi) is 4.40. The summed E-state index contributed by atoms with van der Waals surface area (Å²) in [6.45, 7) is 0.779. The van der Waals surface area contributed by atoms with Crippen molar-refractivity contribution in [1.29, 1.82) is 0 Å². The van der Waals surface area contributed by atoms with Crippen molar-refractivity contribution < 1.29 is 23.8 Å². The van der Waals surface area contributed by atoms with Crippen LogP contribution in [0.25, 0.3) is 16.6 Å². The molecule has 0 radical (unpaired) electrons. The topological polar surface area (TPSA) is 95.7 Å². The third-order valence-corrected chi connectivity index (χ3v) is 5.54. The van der Waals surface area contributed by atoms with Gasteiger partial charge in [0, 0.05) is 36.1 Å². The lowest BCUT2D eigenvalue weighted by Gasteiger charge is -2.20. The van der Waals surface area contributed by atoms with Gasteiger partial charge in [-0.1, -0.05) is 6.07 Å². The average molecular weight is 435 g/mol. The number of carboxylic acid groups (broad SMARTS) is 1. The Labute approximate surface area is 179 Å². The van der Waals surface area contributed by atoms with E-state index >= 15 is 4.39 Å². The van der Waals surface area contributed by atoms with Gasteiger partial charge in [0.1, 0.15) is 11.4 Å². The van der Waals surface area contributed by atoms with E-state index in [4.69, 9.17) is 0 Å². The minimum atomic E-state index is -1.49. The first-order valence-electron chi connectivity index (χ1n) is 9.62. The van der Waals surface area contributed by atoms with Crippen molar-refractivity contribution in [1.82, 2.24) is 9.55 Å². The lowest BCUT2D eigenvalue weighted by atomic mass is 10.1. The number of pyridine rings is 2. The smallest absolute Gasteiger partial charge is 0.341 e. The van der Waals surface area contributed by atoms with Crippen LogP contribution in [0.5, 0.6) is 5.75 Å². The molecule has 1 aliphatic rings. The largest absolute Gasteiger partial charge is 0.505 e. The summed E-state index contributed by atoms with van der Waals surface area (Å²) < 4.78 is 30.4. The first-order chi connectivity index (χ1) is 15.3. The number of hydrogen-bond acceptors (Lipinski definition) is 5. The number of benzene rings is 2. The number of phenols is 1. The third-order valence-electron chi connectivity index (χ3n) is 5.54. The summed E-state index contributed by atoms with van der Waals surface area (Å²) in [6.07, 6.45) is 2.73. The maximum Gasteiger partial charge on any atom is 0.341 e. The summed E-state index contributed by atoms with van der Waals surface area (Å²) in [5.74, 6) is -3.68. The lowest BCUT2D eigenvalue weighted by Crippen LogP contribution is -2.20. The monoisotopic (exact) mass is 435 g/mol. The number of hydrogen-bond donors (Lipinski definition) is 2. The Hall–Kier alpha value is -4.27. The molecule has 4 aromatic rings. The number of phenolic OH excluding ortho intramolecular Hbond substituents is 1. The van der Waals surface area contributed by atoms with Gasteiger partial charge in [0.15, 0.2) is 11.6 Å². The first-order valence-corrected chi connectivity index (χ1v) is 9.62. The number of nitrogens with zero attached hydrogens (tertiary/aromatic N) is 3. The van der Waals surface area contributed by atoms with Gasteiger partial charge in [-0.05, 0) is 35.9 Å². The second-order valence-electron chi connectivity index (χ2n) is 7.47. The molecule has 0 bridgehead atoms. The summed E-state index contributed by atoms with van der Waals surface area (Å²) in [6, 6.07) is 9.62. The van der Waals surface area contributed by atoms with E-state index in [1.165, 1.54) is 16.7 Å². The second-order valence-corrected chi connectivity index (χ2v) is 7.47. The molecule has 9 heteroatoms. The molecule has 0 atom stereocenters. The predicted octanol–water partition coefficient (Wildman–Crippen LogP) is 3.59. The van der Waals surface area contributed by atoms with Gasteiger partial charge in [0.2, 0.25) is 5.43 Å². The van der Waals surface area contributed by atoms with Gasteiger partial charge in [-0.2, -0.15) is 0 Å². The first kappa shape index (κ1) is 19.7. The Bertz CT molecular complexity index is 1460. The van der Waals surface area contributed by atoms with E-state index in [9.17, 15) is 24.2 Å². The Morgan fingerprint density at radius 2 is 1.88 bits per heavy atom. The third kappa shape index (κ3) is 3.06. The van der Waals surface area contributed by atoms with Crippen LogP contribution in [-0.2, 0) is 13.1 Å². The Morgan fingerprint density at radius 3 is 2.59 bits per heavy atom. The van der Waals surface area contributed by atoms with E-state index in [1.54, 1.807) is 17.2 Å². The van der Waals surface area contributed by atoms with Gasteiger partial charge in [-0.3, -0.25) is 9.78 Å². The molecule has 0 amide bonds. The fourth-order valence-electron chi connectivity index (χ4n) is 3.96. The lowest BCUT2D eigenvalue weighted by molar-refractivity contribution is 0.0695. The van der Waals surface area contributed by atoms with Crippen molar-refractivity contribution in [2.45, 2.75) is 13.1 Å². The zero-order valence-electron chi connectivity index (χ0n) is 16.4. The molecule has 0 spiro atoms. The van der Waals surface area contributed by atoms with E-state index < -0.39 is 34.3 Å². The molecular formula is C23H15F2N3O4. The molecule has 0 fully saturated rings. The Balaban J connectivity index is 1.75. The Morgan fingerprint density at radius 1 is 1.06 bits per heavy atom. The highest BCUT2D eigenvalue weighted by atomic mass is 19.1. The molecule has 7 nitrogen and oxygen atoms in total. The summed E-state index contributed by atoms with van der Waals surface area (Å²) in [7, 11) is 0. The van der Waals surface area contributed by atoms with Crippen LogP contribution in [0.15, 0.2) is 59.7 Å². The van der Waals surface area contributed by atoms with Crippen LogP contribution in [0.3, 0.4) is 0 Å². The van der Waals surface area contributed by atoms with Gasteiger partial charge >= 0.3 is 5.97 Å². The summed E-state index contributed by atoms with van der Waals surface area (Å²) >= 11 is 0. The molecule has 1 aliphatic heterocycles. The van der Waals surface area contributed by atoms with Crippen LogP contribution in [0, 0.1) is 11.6 Å². The van der Waals surface area contributed by atoms with Gasteiger partial charge in [-0.15, -0.1) is 0 Å². The fourth-order valence-corrected chi connectivity index (χ4v) is 3.96. The van der Waals surface area contributed by atoms with Gasteiger partial charge in [0.05, 0.1) is 23.4 Å². The van der Waals surface area contributed by atoms with Crippen LogP contribution in [0.1, 0.15) is 21.6 Å². The molecule has 2 aromatic carbocycles. The zero-order valence-corrected chi connectivity index (χ0v) is 16.4. The minimum absolute atomic E-state index is 0.158. The number of aromatic carboxylic acids is 1. The van der Waals surface area contributed by atoms with Gasteiger partial charge in [0.25, 0.3) is 0 Å². The van der Waals surface area contributed by atoms with Crippen LogP contribution >= 0.6 is 0 Å². The van der Waals surface area contributed by atoms with Crippen LogP contribution < -0.4 is 10.3 Å². The second kappa shape index (κ2) is 7.16. The maximum atomic E-state index is 15.1. The van der Waals surface area contributed by atoms with Crippen molar-refractivity contribution in [2.24, 2.45) is 0 Å². The quantitative estimate of drug-likeness (QED) is 0.511. The number of aromatic hydroxyl groups is 1. The average Bonchev–Trinajstić information content (AvgIpc) is 3.20. The molecule has 0 saturated carbocycles. The molecule has 0 unspecified atom stereocenters. The van der Waals surface area contributed by atoms with Gasteiger partial charge in [-0.25, -0.2) is 13.6 Å². The normalized spacial score (nSPS) is 12.9. The molecule has 2 aromatic heterocycles. The van der Waals surface area contributed by atoms with Crippen molar-refractivity contribution in [2.75, 3.05) is 4.90 Å². The SMILES string of the molecule is O=C(O)c1cn(-c2ccc(O)c(F)c2)c2cc(N3Cc4cccnc4C3)c(F)cc2c1=O. The van der Waals surface area contributed by atoms with Crippen molar-refractivity contribution in [3.8, 4) is 11.4 Å². The van der Waals surface area contributed by atoms with E-state index in [1.807, 2.05) is 6.07 Å². The predicted molar refractivity (Wildman–Crippen MR) is 112 cm³/mol. The number of anilines is 1. The molecule has 0 saturated heterocycles. The van der Waals surface area contributed by atoms with Crippen LogP contribution in [0.4, 0.5) is 14.5 Å². The van der Waals surface area contributed by atoms with E-state index in [0.29, 0.717) is 13.1 Å². The molecule has 3 heterocycles. The highest BCUT2D eigenvalue weighted by molar-refractivity contribution is 5.94. The molecule has 0 aliphatic carbocycles. The highest BCUT2D eigenvalue weighted by Crippen LogP contribution is 2.32. The summed E-state index contributed by atoms with van der Waals surface area (Å²) in [5, 5.41) is 18.8. The van der Waals surface area contributed by atoms with Crippen molar-refractivity contribution in [3.63, 3.8) is 0 Å². The number of halogens is 2. The van der Waals surface area contributed by atoms with E-state index in [-0.39, 0.29) is 22.3 Å². The summed E-state index contributed by atoms with van der Waals surface area (Å²) in [4.78, 5) is 30.4. The number of carboxylic acids is 1. The zero-order chi connectivity index (χ0) is 22.6. The summed E-state index contributed by atoms with van der Waals surface area (Å²) in [5.41, 5.74) is 0.890. The number of carbonyl (C=O) groups is 1. The standard InChI is InChI=1S/C23H15F2N3O4/c24-16-7-14-19(8-20(16)27-9-12-2-1-5-26-18(12)11-27)28(10-15(22(14)30)23(31)32)13-3-4-21(29)17(25)6-13/h1-8,10,29H,9,11H2,(H,31,32). The van der Waals surface area contributed by atoms with Crippen LogP contribution in [-0.4, -0.2) is 25.7 Å². The number of aromatic nitrogens is 2.